The Morgan fingerprint density at radius 3 is 2.21 bits per heavy atom. The predicted octanol–water partition coefficient (Wildman–Crippen LogP) is 2.90. The van der Waals surface area contributed by atoms with Gasteiger partial charge in [0.05, 0.1) is 36.4 Å². The topological polar surface area (TPSA) is 72.1 Å². The monoisotopic (exact) mass is 318 g/mol. The van der Waals surface area contributed by atoms with Gasteiger partial charge >= 0.3 is 0 Å². The van der Waals surface area contributed by atoms with Crippen LogP contribution in [0.3, 0.4) is 0 Å². The predicted molar refractivity (Wildman–Crippen MR) is 92.9 cm³/mol. The second-order valence-electron chi connectivity index (χ2n) is 5.43. The van der Waals surface area contributed by atoms with Crippen LogP contribution in [0.4, 0.5) is 5.69 Å². The molecule has 120 valence electrons. The number of aromatic nitrogens is 2. The minimum atomic E-state index is -0.0557. The smallest absolute Gasteiger partial charge is 0.254 e. The molecule has 5 heteroatoms. The summed E-state index contributed by atoms with van der Waals surface area (Å²) in [6.45, 7) is 0.811. The molecule has 3 rings (SSSR count). The fraction of sp³-hybridized carbons (Fsp3) is 0.105. The standard InChI is InChI=1S/C19H18N4O/c20-16-9-10-18(22-12-16)14-23(13-17-8-4-5-11-21-17)19(24)15-6-2-1-3-7-15/h1-12H,13-14,20H2. The van der Waals surface area contributed by atoms with Crippen LogP contribution in [0.15, 0.2) is 73.1 Å². The van der Waals surface area contributed by atoms with E-state index in [1.54, 1.807) is 23.4 Å². The molecule has 0 aliphatic rings. The van der Waals surface area contributed by atoms with Gasteiger partial charge in [0.2, 0.25) is 0 Å². The average Bonchev–Trinajstić information content (AvgIpc) is 2.64. The Morgan fingerprint density at radius 2 is 1.58 bits per heavy atom. The van der Waals surface area contributed by atoms with Crippen molar-refractivity contribution in [2.24, 2.45) is 0 Å². The third-order valence-electron chi connectivity index (χ3n) is 3.59. The number of rotatable bonds is 5. The highest BCUT2D eigenvalue weighted by atomic mass is 16.2. The minimum absolute atomic E-state index is 0.0557. The van der Waals surface area contributed by atoms with Crippen LogP contribution >= 0.6 is 0 Å². The highest BCUT2D eigenvalue weighted by Crippen LogP contribution is 2.13. The van der Waals surface area contributed by atoms with Crippen molar-refractivity contribution in [1.82, 2.24) is 14.9 Å². The van der Waals surface area contributed by atoms with Gasteiger partial charge in [0, 0.05) is 11.8 Å². The quantitative estimate of drug-likeness (QED) is 0.785. The summed E-state index contributed by atoms with van der Waals surface area (Å²) >= 11 is 0. The molecule has 2 aromatic heterocycles. The fourth-order valence-electron chi connectivity index (χ4n) is 2.38. The molecule has 0 atom stereocenters. The Hall–Kier alpha value is -3.21. The normalized spacial score (nSPS) is 10.3. The summed E-state index contributed by atoms with van der Waals surface area (Å²) in [7, 11) is 0. The Labute approximate surface area is 140 Å². The van der Waals surface area contributed by atoms with Crippen molar-refractivity contribution in [2.75, 3.05) is 5.73 Å². The number of anilines is 1. The first kappa shape index (κ1) is 15.7. The van der Waals surface area contributed by atoms with Crippen LogP contribution in [0.2, 0.25) is 0 Å². The van der Waals surface area contributed by atoms with Crippen LogP contribution in [0.5, 0.6) is 0 Å². The van der Waals surface area contributed by atoms with Gasteiger partial charge in [-0.15, -0.1) is 0 Å². The van der Waals surface area contributed by atoms with Crippen LogP contribution in [0.1, 0.15) is 21.7 Å². The zero-order chi connectivity index (χ0) is 16.8. The average molecular weight is 318 g/mol. The summed E-state index contributed by atoms with van der Waals surface area (Å²) < 4.78 is 0. The van der Waals surface area contributed by atoms with E-state index in [9.17, 15) is 4.79 Å². The van der Waals surface area contributed by atoms with Crippen molar-refractivity contribution < 1.29 is 4.79 Å². The van der Waals surface area contributed by atoms with Gasteiger partial charge < -0.3 is 10.6 Å². The Morgan fingerprint density at radius 1 is 0.875 bits per heavy atom. The van der Waals surface area contributed by atoms with Gasteiger partial charge in [-0.25, -0.2) is 0 Å². The van der Waals surface area contributed by atoms with Crippen molar-refractivity contribution in [1.29, 1.82) is 0 Å². The number of nitrogens with two attached hydrogens (primary N) is 1. The lowest BCUT2D eigenvalue weighted by molar-refractivity contribution is 0.0725. The fourth-order valence-corrected chi connectivity index (χ4v) is 2.38. The van der Waals surface area contributed by atoms with Gasteiger partial charge in [-0.2, -0.15) is 0 Å². The summed E-state index contributed by atoms with van der Waals surface area (Å²) in [5, 5.41) is 0. The molecule has 3 aromatic rings. The lowest BCUT2D eigenvalue weighted by Gasteiger charge is -2.22. The number of nitrogens with zero attached hydrogens (tertiary/aromatic N) is 3. The van der Waals surface area contributed by atoms with Crippen molar-refractivity contribution >= 4 is 11.6 Å². The first-order valence-corrected chi connectivity index (χ1v) is 7.67. The van der Waals surface area contributed by atoms with E-state index >= 15 is 0 Å². The molecular formula is C19H18N4O. The first-order valence-electron chi connectivity index (χ1n) is 7.67. The molecule has 0 aliphatic heterocycles. The number of nitrogen functional groups attached to an aromatic ring is 1. The molecule has 1 aromatic carbocycles. The summed E-state index contributed by atoms with van der Waals surface area (Å²) in [6, 6.07) is 18.5. The van der Waals surface area contributed by atoms with Crippen LogP contribution in [-0.4, -0.2) is 20.8 Å². The molecule has 0 fully saturated rings. The van der Waals surface area contributed by atoms with E-state index in [1.807, 2.05) is 54.6 Å². The Kier molecular flexibility index (Phi) is 4.81. The van der Waals surface area contributed by atoms with E-state index in [0.29, 0.717) is 24.3 Å². The maximum absolute atomic E-state index is 12.9. The van der Waals surface area contributed by atoms with E-state index in [4.69, 9.17) is 5.73 Å². The van der Waals surface area contributed by atoms with Crippen molar-refractivity contribution in [2.45, 2.75) is 13.1 Å². The van der Waals surface area contributed by atoms with Crippen molar-refractivity contribution in [3.05, 3.63) is 90.0 Å². The zero-order valence-electron chi connectivity index (χ0n) is 13.2. The molecule has 1 amide bonds. The molecule has 2 heterocycles. The summed E-state index contributed by atoms with van der Waals surface area (Å²) in [4.78, 5) is 23.2. The number of hydrogen-bond acceptors (Lipinski definition) is 4. The number of carbonyl (C=O) groups is 1. The molecule has 0 aliphatic carbocycles. The Bertz CT molecular complexity index is 789. The molecule has 0 bridgehead atoms. The van der Waals surface area contributed by atoms with E-state index in [1.165, 1.54) is 0 Å². The lowest BCUT2D eigenvalue weighted by Crippen LogP contribution is -2.30. The number of amides is 1. The Balaban J connectivity index is 1.85. The van der Waals surface area contributed by atoms with Crippen LogP contribution in [0, 0.1) is 0 Å². The van der Waals surface area contributed by atoms with Crippen LogP contribution in [0.25, 0.3) is 0 Å². The molecule has 0 unspecified atom stereocenters. The molecule has 0 radical (unpaired) electrons. The van der Waals surface area contributed by atoms with Gasteiger partial charge in [-0.1, -0.05) is 24.3 Å². The SMILES string of the molecule is Nc1ccc(CN(Cc2ccccn2)C(=O)c2ccccc2)nc1. The minimum Gasteiger partial charge on any atom is -0.397 e. The second-order valence-corrected chi connectivity index (χ2v) is 5.43. The van der Waals surface area contributed by atoms with Gasteiger partial charge in [-0.3, -0.25) is 14.8 Å². The molecule has 24 heavy (non-hydrogen) atoms. The highest BCUT2D eigenvalue weighted by Gasteiger charge is 2.17. The maximum Gasteiger partial charge on any atom is 0.254 e. The third kappa shape index (κ3) is 3.95. The van der Waals surface area contributed by atoms with Gasteiger partial charge in [0.25, 0.3) is 5.91 Å². The molecule has 2 N–H and O–H groups in total. The number of carbonyl (C=O) groups excluding carboxylic acids is 1. The summed E-state index contributed by atoms with van der Waals surface area (Å²) in [5.41, 5.74) is 8.54. The zero-order valence-corrected chi connectivity index (χ0v) is 13.2. The van der Waals surface area contributed by atoms with Crippen LogP contribution < -0.4 is 5.73 Å². The highest BCUT2D eigenvalue weighted by molar-refractivity contribution is 5.94. The number of hydrogen-bond donors (Lipinski definition) is 1. The van der Waals surface area contributed by atoms with Crippen molar-refractivity contribution in [3.63, 3.8) is 0 Å². The van der Waals surface area contributed by atoms with E-state index in [0.717, 1.165) is 11.4 Å². The molecule has 0 saturated carbocycles. The number of pyridine rings is 2. The second kappa shape index (κ2) is 7.37. The lowest BCUT2D eigenvalue weighted by atomic mass is 10.2. The van der Waals surface area contributed by atoms with Crippen LogP contribution in [-0.2, 0) is 13.1 Å². The summed E-state index contributed by atoms with van der Waals surface area (Å²) in [5.74, 6) is -0.0557. The van der Waals surface area contributed by atoms with Crippen molar-refractivity contribution in [3.8, 4) is 0 Å². The van der Waals surface area contributed by atoms with E-state index in [-0.39, 0.29) is 5.91 Å². The first-order chi connectivity index (χ1) is 11.7. The molecule has 0 saturated heterocycles. The largest absolute Gasteiger partial charge is 0.397 e. The molecular weight excluding hydrogens is 300 g/mol. The van der Waals surface area contributed by atoms with E-state index < -0.39 is 0 Å². The van der Waals surface area contributed by atoms with Gasteiger partial charge in [0.1, 0.15) is 0 Å². The number of benzene rings is 1. The summed E-state index contributed by atoms with van der Waals surface area (Å²) in [6.07, 6.45) is 3.32. The molecule has 0 spiro atoms. The van der Waals surface area contributed by atoms with Gasteiger partial charge in [0.15, 0.2) is 0 Å². The maximum atomic E-state index is 12.9. The van der Waals surface area contributed by atoms with Gasteiger partial charge in [-0.05, 0) is 36.4 Å². The molecule has 5 nitrogen and oxygen atoms in total. The van der Waals surface area contributed by atoms with E-state index in [2.05, 4.69) is 9.97 Å². The third-order valence-corrected chi connectivity index (χ3v) is 3.59.